The molecule has 0 saturated carbocycles. The largest absolute Gasteiger partial charge is 0.287 e. The van der Waals surface area contributed by atoms with Gasteiger partial charge < -0.3 is 0 Å². The molecule has 0 fully saturated rings. The highest BCUT2D eigenvalue weighted by molar-refractivity contribution is 7.98. The van der Waals surface area contributed by atoms with Gasteiger partial charge in [0.25, 0.3) is 11.1 Å². The number of thioether (sulfide) groups is 1. The van der Waals surface area contributed by atoms with Crippen molar-refractivity contribution in [1.82, 2.24) is 18.9 Å². The lowest BCUT2D eigenvalue weighted by molar-refractivity contribution is 0.585. The molecule has 0 amide bonds. The van der Waals surface area contributed by atoms with Crippen LogP contribution in [0.15, 0.2) is 39.0 Å². The molecule has 0 N–H and O–H groups in total. The van der Waals surface area contributed by atoms with Gasteiger partial charge in [0.2, 0.25) is 0 Å². The first kappa shape index (κ1) is 19.5. The first-order valence-electron chi connectivity index (χ1n) is 10.2. The number of fused-ring (bicyclic) bond motifs is 4. The van der Waals surface area contributed by atoms with Gasteiger partial charge in [0.15, 0.2) is 5.16 Å². The summed E-state index contributed by atoms with van der Waals surface area (Å²) in [5.41, 5.74) is 3.40. The van der Waals surface area contributed by atoms with Crippen LogP contribution in [-0.4, -0.2) is 18.9 Å². The molecule has 0 bridgehead atoms. The van der Waals surface area contributed by atoms with Crippen molar-refractivity contribution < 1.29 is 0 Å². The quantitative estimate of drug-likeness (QED) is 0.348. The van der Waals surface area contributed by atoms with E-state index in [2.05, 4.69) is 11.9 Å². The average molecular weight is 439 g/mol. The predicted molar refractivity (Wildman–Crippen MR) is 122 cm³/mol. The third-order valence-corrected chi connectivity index (χ3v) is 7.72. The molecule has 6 nitrogen and oxygen atoms in total. The fraction of sp³-hybridized carbons (Fsp3) is 0.364. The Hall–Kier alpha value is -2.45. The van der Waals surface area contributed by atoms with Gasteiger partial charge in [0.1, 0.15) is 10.5 Å². The summed E-state index contributed by atoms with van der Waals surface area (Å²) in [7, 11) is 0. The Bertz CT molecular complexity index is 1400. The SMILES string of the molecule is CCCn1c(SCc2cc(=O)n3c(C)cccc3n2)nc2sc3c(c2c1=O)CCC3. The number of aromatic nitrogens is 4. The van der Waals surface area contributed by atoms with Crippen LogP contribution in [0.2, 0.25) is 0 Å². The summed E-state index contributed by atoms with van der Waals surface area (Å²) in [6, 6.07) is 7.21. The highest BCUT2D eigenvalue weighted by atomic mass is 32.2. The van der Waals surface area contributed by atoms with Gasteiger partial charge in [0.05, 0.1) is 11.1 Å². The molecule has 0 saturated heterocycles. The fourth-order valence-electron chi connectivity index (χ4n) is 4.17. The van der Waals surface area contributed by atoms with E-state index in [-0.39, 0.29) is 11.1 Å². The average Bonchev–Trinajstić information content (AvgIpc) is 3.29. The second-order valence-electron chi connectivity index (χ2n) is 7.62. The molecule has 8 heteroatoms. The Morgan fingerprint density at radius 3 is 2.90 bits per heavy atom. The van der Waals surface area contributed by atoms with Crippen LogP contribution >= 0.6 is 23.1 Å². The number of pyridine rings is 1. The van der Waals surface area contributed by atoms with Crippen molar-refractivity contribution in [3.05, 3.63) is 66.8 Å². The number of nitrogens with zero attached hydrogens (tertiary/aromatic N) is 4. The lowest BCUT2D eigenvalue weighted by Gasteiger charge is -2.11. The first-order chi connectivity index (χ1) is 14.6. The van der Waals surface area contributed by atoms with Crippen LogP contribution in [0.25, 0.3) is 15.9 Å². The summed E-state index contributed by atoms with van der Waals surface area (Å²) in [5, 5.41) is 1.53. The smallest absolute Gasteiger partial charge is 0.263 e. The van der Waals surface area contributed by atoms with Crippen LogP contribution in [0.1, 0.15) is 41.6 Å². The van der Waals surface area contributed by atoms with Gasteiger partial charge in [-0.3, -0.25) is 18.6 Å². The van der Waals surface area contributed by atoms with Gasteiger partial charge in [-0.25, -0.2) is 9.97 Å². The van der Waals surface area contributed by atoms with E-state index in [4.69, 9.17) is 4.98 Å². The second-order valence-corrected chi connectivity index (χ2v) is 9.65. The Kier molecular flexibility index (Phi) is 4.99. The van der Waals surface area contributed by atoms with Crippen LogP contribution in [0, 0.1) is 6.92 Å². The fourth-order valence-corrected chi connectivity index (χ4v) is 6.39. The highest BCUT2D eigenvalue weighted by Gasteiger charge is 2.23. The number of hydrogen-bond acceptors (Lipinski definition) is 6. The minimum atomic E-state index is -0.0854. The number of aryl methyl sites for hydroxylation is 3. The molecular formula is C22H22N4O2S2. The summed E-state index contributed by atoms with van der Waals surface area (Å²) >= 11 is 3.14. The highest BCUT2D eigenvalue weighted by Crippen LogP contribution is 2.35. The Labute approximate surface area is 181 Å². The zero-order valence-corrected chi connectivity index (χ0v) is 18.6. The number of hydrogen-bond donors (Lipinski definition) is 0. The van der Waals surface area contributed by atoms with Gasteiger partial charge in [-0.2, -0.15) is 0 Å². The number of thiophene rings is 1. The van der Waals surface area contributed by atoms with E-state index >= 15 is 0 Å². The van der Waals surface area contributed by atoms with Gasteiger partial charge in [-0.05, 0) is 50.3 Å². The normalized spacial score (nSPS) is 13.4. The standard InChI is InChI=1S/C22H22N4O2S2/c1-3-10-25-21(28)19-15-7-5-8-16(15)30-20(19)24-22(25)29-12-14-11-18(27)26-13(2)6-4-9-17(26)23-14/h4,6,9,11H,3,5,7-8,10,12H2,1-2H3. The zero-order valence-electron chi connectivity index (χ0n) is 17.0. The minimum Gasteiger partial charge on any atom is -0.287 e. The van der Waals surface area contributed by atoms with Crippen LogP contribution in [0.5, 0.6) is 0 Å². The lowest BCUT2D eigenvalue weighted by Crippen LogP contribution is -2.23. The molecule has 0 spiro atoms. The molecular weight excluding hydrogens is 416 g/mol. The van der Waals surface area contributed by atoms with Gasteiger partial charge >= 0.3 is 0 Å². The second kappa shape index (κ2) is 7.67. The Balaban J connectivity index is 1.54. The van der Waals surface area contributed by atoms with Crippen molar-refractivity contribution >= 4 is 39.0 Å². The van der Waals surface area contributed by atoms with E-state index in [1.807, 2.05) is 25.1 Å². The molecule has 4 aromatic heterocycles. The maximum absolute atomic E-state index is 13.3. The van der Waals surface area contributed by atoms with Crippen molar-refractivity contribution in [3.8, 4) is 0 Å². The monoisotopic (exact) mass is 438 g/mol. The van der Waals surface area contributed by atoms with E-state index in [1.54, 1.807) is 26.4 Å². The topological polar surface area (TPSA) is 69.3 Å². The van der Waals surface area contributed by atoms with Crippen molar-refractivity contribution in [3.63, 3.8) is 0 Å². The summed E-state index contributed by atoms with van der Waals surface area (Å²) in [6.45, 7) is 4.60. The molecule has 0 aromatic carbocycles. The third kappa shape index (κ3) is 3.18. The zero-order chi connectivity index (χ0) is 20.8. The van der Waals surface area contributed by atoms with Crippen LogP contribution < -0.4 is 11.1 Å². The molecule has 5 rings (SSSR count). The molecule has 4 aromatic rings. The van der Waals surface area contributed by atoms with E-state index in [0.29, 0.717) is 28.8 Å². The molecule has 30 heavy (non-hydrogen) atoms. The Morgan fingerprint density at radius 2 is 2.07 bits per heavy atom. The van der Waals surface area contributed by atoms with Crippen molar-refractivity contribution in [2.24, 2.45) is 0 Å². The summed E-state index contributed by atoms with van der Waals surface area (Å²) in [4.78, 5) is 37.5. The molecule has 0 radical (unpaired) electrons. The summed E-state index contributed by atoms with van der Waals surface area (Å²) in [5.74, 6) is 0.492. The maximum Gasteiger partial charge on any atom is 0.263 e. The molecule has 154 valence electrons. The van der Waals surface area contributed by atoms with Crippen LogP contribution in [0.4, 0.5) is 0 Å². The van der Waals surface area contributed by atoms with Crippen LogP contribution in [-0.2, 0) is 25.1 Å². The van der Waals surface area contributed by atoms with E-state index in [9.17, 15) is 9.59 Å². The minimum absolute atomic E-state index is 0.0749. The van der Waals surface area contributed by atoms with E-state index in [0.717, 1.165) is 41.6 Å². The molecule has 1 aliphatic carbocycles. The summed E-state index contributed by atoms with van der Waals surface area (Å²) < 4.78 is 3.41. The van der Waals surface area contributed by atoms with Gasteiger partial charge in [-0.1, -0.05) is 24.8 Å². The number of rotatable bonds is 5. The van der Waals surface area contributed by atoms with Crippen molar-refractivity contribution in [2.75, 3.05) is 0 Å². The summed E-state index contributed by atoms with van der Waals surface area (Å²) in [6.07, 6.45) is 4.02. The molecule has 1 aliphatic rings. The molecule has 4 heterocycles. The Morgan fingerprint density at radius 1 is 1.20 bits per heavy atom. The van der Waals surface area contributed by atoms with E-state index < -0.39 is 0 Å². The van der Waals surface area contributed by atoms with Gasteiger partial charge in [-0.15, -0.1) is 11.3 Å². The maximum atomic E-state index is 13.3. The first-order valence-corrected chi connectivity index (χ1v) is 12.0. The lowest BCUT2D eigenvalue weighted by atomic mass is 10.2. The molecule has 0 unspecified atom stereocenters. The third-order valence-electron chi connectivity index (χ3n) is 5.52. The van der Waals surface area contributed by atoms with Crippen molar-refractivity contribution in [1.29, 1.82) is 0 Å². The van der Waals surface area contributed by atoms with E-state index in [1.165, 1.54) is 22.2 Å². The van der Waals surface area contributed by atoms with Gasteiger partial charge in [0, 0.05) is 28.9 Å². The molecule has 0 aliphatic heterocycles. The van der Waals surface area contributed by atoms with Crippen LogP contribution in [0.3, 0.4) is 0 Å². The van der Waals surface area contributed by atoms with Crippen molar-refractivity contribution in [2.45, 2.75) is 57.0 Å². The predicted octanol–water partition coefficient (Wildman–Crippen LogP) is 3.97. The molecule has 0 atom stereocenters.